The Labute approximate surface area is 174 Å². The molecule has 0 amide bonds. The summed E-state index contributed by atoms with van der Waals surface area (Å²) in [6.45, 7) is 8.61. The molecule has 3 aromatic rings. The standard InChI is InChI=1S/C21H24N6O3/c1-14-10-20(23-21(22-14)17-5-4-6-18(11-17)27(28)29)25-7-8-30-19(12-25)13-26-16(3)9-15(2)24-26/h4-6,9-11,19H,7-8,12-13H2,1-3H3. The summed E-state index contributed by atoms with van der Waals surface area (Å²) in [4.78, 5) is 22.1. The van der Waals surface area contributed by atoms with E-state index in [2.05, 4.69) is 21.0 Å². The van der Waals surface area contributed by atoms with Crippen molar-refractivity contribution in [2.75, 3.05) is 24.6 Å². The van der Waals surface area contributed by atoms with Crippen molar-refractivity contribution >= 4 is 11.5 Å². The molecule has 2 aromatic heterocycles. The van der Waals surface area contributed by atoms with Crippen LogP contribution in [0, 0.1) is 30.9 Å². The first-order chi connectivity index (χ1) is 14.4. The fourth-order valence-electron chi connectivity index (χ4n) is 3.69. The van der Waals surface area contributed by atoms with Gasteiger partial charge in [0.2, 0.25) is 0 Å². The average molecular weight is 408 g/mol. The highest BCUT2D eigenvalue weighted by Gasteiger charge is 2.24. The van der Waals surface area contributed by atoms with Crippen molar-refractivity contribution in [2.45, 2.75) is 33.4 Å². The first-order valence-corrected chi connectivity index (χ1v) is 9.87. The summed E-state index contributed by atoms with van der Waals surface area (Å²) in [5.74, 6) is 1.28. The number of hydrogen-bond acceptors (Lipinski definition) is 7. The Bertz CT molecular complexity index is 1080. The van der Waals surface area contributed by atoms with Crippen LogP contribution in [0.15, 0.2) is 36.4 Å². The number of anilines is 1. The van der Waals surface area contributed by atoms with Crippen LogP contribution in [0.3, 0.4) is 0 Å². The Morgan fingerprint density at radius 3 is 2.73 bits per heavy atom. The molecule has 0 saturated carbocycles. The summed E-state index contributed by atoms with van der Waals surface area (Å²) < 4.78 is 7.94. The van der Waals surface area contributed by atoms with Gasteiger partial charge in [0, 0.05) is 48.2 Å². The van der Waals surface area contributed by atoms with Gasteiger partial charge in [-0.3, -0.25) is 14.8 Å². The van der Waals surface area contributed by atoms with Crippen molar-refractivity contribution in [3.05, 3.63) is 63.6 Å². The van der Waals surface area contributed by atoms with Crippen molar-refractivity contribution in [1.82, 2.24) is 19.7 Å². The lowest BCUT2D eigenvalue weighted by atomic mass is 10.2. The maximum absolute atomic E-state index is 11.1. The van der Waals surface area contributed by atoms with Crippen molar-refractivity contribution < 1.29 is 9.66 Å². The van der Waals surface area contributed by atoms with E-state index < -0.39 is 4.92 Å². The summed E-state index contributed by atoms with van der Waals surface area (Å²) in [5, 5.41) is 15.6. The van der Waals surface area contributed by atoms with Crippen LogP contribution in [-0.2, 0) is 11.3 Å². The molecule has 1 aliphatic rings. The molecule has 156 valence electrons. The second kappa shape index (κ2) is 8.19. The van der Waals surface area contributed by atoms with Gasteiger partial charge in [-0.05, 0) is 26.8 Å². The van der Waals surface area contributed by atoms with Gasteiger partial charge in [0.05, 0.1) is 29.9 Å². The molecule has 0 radical (unpaired) electrons. The van der Waals surface area contributed by atoms with Crippen molar-refractivity contribution in [3.63, 3.8) is 0 Å². The third kappa shape index (κ3) is 4.30. The van der Waals surface area contributed by atoms with Gasteiger partial charge in [0.25, 0.3) is 5.69 Å². The molecule has 9 heteroatoms. The Hall–Kier alpha value is -3.33. The molecule has 4 rings (SSSR count). The van der Waals surface area contributed by atoms with E-state index in [1.165, 1.54) is 12.1 Å². The van der Waals surface area contributed by atoms with E-state index in [1.807, 2.05) is 31.5 Å². The number of benzene rings is 1. The number of morpholine rings is 1. The lowest BCUT2D eigenvalue weighted by Gasteiger charge is -2.34. The number of aromatic nitrogens is 4. The van der Waals surface area contributed by atoms with E-state index in [0.29, 0.717) is 31.1 Å². The molecular weight excluding hydrogens is 384 g/mol. The Kier molecular flexibility index (Phi) is 5.45. The second-order valence-electron chi connectivity index (χ2n) is 7.55. The average Bonchev–Trinajstić information content (AvgIpc) is 3.04. The minimum Gasteiger partial charge on any atom is -0.373 e. The molecule has 0 spiro atoms. The van der Waals surface area contributed by atoms with Gasteiger partial charge < -0.3 is 9.64 Å². The van der Waals surface area contributed by atoms with Crippen LogP contribution >= 0.6 is 0 Å². The number of non-ortho nitro benzene ring substituents is 1. The van der Waals surface area contributed by atoms with Gasteiger partial charge in [-0.25, -0.2) is 9.97 Å². The van der Waals surface area contributed by atoms with Crippen LogP contribution in [0.25, 0.3) is 11.4 Å². The third-order valence-electron chi connectivity index (χ3n) is 5.10. The molecule has 9 nitrogen and oxygen atoms in total. The maximum Gasteiger partial charge on any atom is 0.270 e. The monoisotopic (exact) mass is 408 g/mol. The van der Waals surface area contributed by atoms with E-state index in [4.69, 9.17) is 9.72 Å². The van der Waals surface area contributed by atoms with E-state index in [9.17, 15) is 10.1 Å². The predicted molar refractivity (Wildman–Crippen MR) is 113 cm³/mol. The molecule has 30 heavy (non-hydrogen) atoms. The molecule has 1 aromatic carbocycles. The quantitative estimate of drug-likeness (QED) is 0.472. The predicted octanol–water partition coefficient (Wildman–Crippen LogP) is 3.08. The maximum atomic E-state index is 11.1. The Balaban J connectivity index is 1.57. The second-order valence-corrected chi connectivity index (χ2v) is 7.55. The third-order valence-corrected chi connectivity index (χ3v) is 5.10. The fraction of sp³-hybridized carbons (Fsp3) is 0.381. The number of hydrogen-bond donors (Lipinski definition) is 0. The van der Waals surface area contributed by atoms with Gasteiger partial charge in [0.15, 0.2) is 5.82 Å². The molecule has 1 unspecified atom stereocenters. The number of nitro groups is 1. The minimum atomic E-state index is -0.411. The van der Waals surface area contributed by atoms with Gasteiger partial charge >= 0.3 is 0 Å². The highest BCUT2D eigenvalue weighted by molar-refractivity contribution is 5.61. The SMILES string of the molecule is Cc1cc(N2CCOC(Cn3nc(C)cc3C)C2)nc(-c2cccc([N+](=O)[O-])c2)n1. The number of nitro benzene ring substituents is 1. The summed E-state index contributed by atoms with van der Waals surface area (Å²) >= 11 is 0. The van der Waals surface area contributed by atoms with E-state index in [-0.39, 0.29) is 11.8 Å². The molecule has 1 fully saturated rings. The number of ether oxygens (including phenoxy) is 1. The van der Waals surface area contributed by atoms with Crippen molar-refractivity contribution in [3.8, 4) is 11.4 Å². The summed E-state index contributed by atoms with van der Waals surface area (Å²) in [6, 6.07) is 10.4. The zero-order valence-corrected chi connectivity index (χ0v) is 17.3. The van der Waals surface area contributed by atoms with E-state index in [0.717, 1.165) is 29.4 Å². The van der Waals surface area contributed by atoms with E-state index in [1.54, 1.807) is 12.1 Å². The highest BCUT2D eigenvalue weighted by Crippen LogP contribution is 2.25. The lowest BCUT2D eigenvalue weighted by Crippen LogP contribution is -2.45. The summed E-state index contributed by atoms with van der Waals surface area (Å²) in [7, 11) is 0. The Morgan fingerprint density at radius 1 is 1.17 bits per heavy atom. The van der Waals surface area contributed by atoms with E-state index >= 15 is 0 Å². The van der Waals surface area contributed by atoms with Gasteiger partial charge in [0.1, 0.15) is 5.82 Å². The molecular formula is C21H24N6O3. The number of rotatable bonds is 5. The minimum absolute atomic E-state index is 0.00622. The molecule has 0 aliphatic carbocycles. The van der Waals surface area contributed by atoms with Gasteiger partial charge in [-0.1, -0.05) is 12.1 Å². The van der Waals surface area contributed by atoms with Crippen LogP contribution in [-0.4, -0.2) is 50.5 Å². The van der Waals surface area contributed by atoms with Gasteiger partial charge in [-0.15, -0.1) is 0 Å². The molecule has 0 bridgehead atoms. The fourth-order valence-corrected chi connectivity index (χ4v) is 3.69. The first-order valence-electron chi connectivity index (χ1n) is 9.87. The van der Waals surface area contributed by atoms with Crippen LogP contribution < -0.4 is 4.90 Å². The van der Waals surface area contributed by atoms with Crippen LogP contribution in [0.2, 0.25) is 0 Å². The molecule has 1 aliphatic heterocycles. The Morgan fingerprint density at radius 2 is 2.00 bits per heavy atom. The first kappa shape index (κ1) is 20.0. The largest absolute Gasteiger partial charge is 0.373 e. The summed E-state index contributed by atoms with van der Waals surface area (Å²) in [5.41, 5.74) is 3.56. The normalized spacial score (nSPS) is 16.6. The summed E-state index contributed by atoms with van der Waals surface area (Å²) in [6.07, 6.45) is -0.00622. The topological polar surface area (TPSA) is 99.2 Å². The molecule has 0 N–H and O–H groups in total. The number of aryl methyl sites for hydroxylation is 3. The molecule has 3 heterocycles. The smallest absolute Gasteiger partial charge is 0.270 e. The van der Waals surface area contributed by atoms with Crippen molar-refractivity contribution in [1.29, 1.82) is 0 Å². The number of nitrogens with zero attached hydrogens (tertiary/aromatic N) is 6. The lowest BCUT2D eigenvalue weighted by molar-refractivity contribution is -0.384. The zero-order chi connectivity index (χ0) is 21.3. The van der Waals surface area contributed by atoms with Gasteiger partial charge in [-0.2, -0.15) is 5.10 Å². The highest BCUT2D eigenvalue weighted by atomic mass is 16.6. The van der Waals surface area contributed by atoms with Crippen LogP contribution in [0.4, 0.5) is 11.5 Å². The molecule has 1 saturated heterocycles. The van der Waals surface area contributed by atoms with Crippen LogP contribution in [0.1, 0.15) is 17.1 Å². The molecule has 1 atom stereocenters. The van der Waals surface area contributed by atoms with Crippen molar-refractivity contribution in [2.24, 2.45) is 0 Å². The van der Waals surface area contributed by atoms with Crippen LogP contribution in [0.5, 0.6) is 0 Å². The zero-order valence-electron chi connectivity index (χ0n) is 17.3.